The van der Waals surface area contributed by atoms with Crippen LogP contribution in [0.2, 0.25) is 0 Å². The van der Waals surface area contributed by atoms with Crippen molar-refractivity contribution in [3.63, 3.8) is 0 Å². The number of nitrogens with zero attached hydrogens (tertiary/aromatic N) is 2. The summed E-state index contributed by atoms with van der Waals surface area (Å²) in [6.45, 7) is 3.04. The summed E-state index contributed by atoms with van der Waals surface area (Å²) in [4.78, 5) is 24.2. The van der Waals surface area contributed by atoms with E-state index < -0.39 is 11.9 Å². The van der Waals surface area contributed by atoms with Crippen molar-refractivity contribution in [1.29, 1.82) is 0 Å². The Hall–Kier alpha value is -3.82. The molecule has 3 rings (SSSR count). The molecule has 10 nitrogen and oxygen atoms in total. The zero-order valence-corrected chi connectivity index (χ0v) is 17.0. The molecule has 0 aliphatic heterocycles. The molecule has 1 aromatic carbocycles. The predicted molar refractivity (Wildman–Crippen MR) is 103 cm³/mol. The van der Waals surface area contributed by atoms with E-state index in [1.165, 1.54) is 26.4 Å². The van der Waals surface area contributed by atoms with Gasteiger partial charge < -0.3 is 28.4 Å². The summed E-state index contributed by atoms with van der Waals surface area (Å²) in [7, 11) is 2.96. The van der Waals surface area contributed by atoms with E-state index in [4.69, 9.17) is 23.0 Å². The van der Waals surface area contributed by atoms with Crippen LogP contribution in [0.3, 0.4) is 0 Å². The number of carbonyl (C=O) groups excluding carboxylic acids is 2. The molecule has 0 radical (unpaired) electrons. The van der Waals surface area contributed by atoms with Crippen molar-refractivity contribution in [1.82, 2.24) is 15.5 Å². The van der Waals surface area contributed by atoms with Crippen LogP contribution in [-0.4, -0.2) is 42.8 Å². The minimum atomic E-state index is -0.659. The van der Waals surface area contributed by atoms with E-state index in [1.807, 2.05) is 6.92 Å². The molecule has 0 spiro atoms. The van der Waals surface area contributed by atoms with Crippen LogP contribution >= 0.6 is 0 Å². The molecular formula is C20H21N3O7. The van der Waals surface area contributed by atoms with Crippen molar-refractivity contribution >= 4 is 11.9 Å². The highest BCUT2D eigenvalue weighted by Gasteiger charge is 2.16. The first-order chi connectivity index (χ1) is 14.4. The summed E-state index contributed by atoms with van der Waals surface area (Å²) in [5.74, 6) is 1.55. The molecule has 3 aromatic rings. The second-order valence-corrected chi connectivity index (χ2v) is 6.27. The third-order valence-electron chi connectivity index (χ3n) is 4.10. The standard InChI is InChI=1S/C20H21N3O7/c1-11-5-16(12(2)29-11)20-23-22-17(30-20)10-28-18(24)9-21-19(25)13-6-14(26-3)8-15(7-13)27-4/h5-8H,9-10H2,1-4H3,(H,21,25). The van der Waals surface area contributed by atoms with Crippen LogP contribution in [0.25, 0.3) is 11.5 Å². The first-order valence-electron chi connectivity index (χ1n) is 8.96. The van der Waals surface area contributed by atoms with Gasteiger partial charge in [-0.05, 0) is 32.0 Å². The number of aryl methyl sites for hydroxylation is 2. The Morgan fingerprint density at radius 2 is 1.70 bits per heavy atom. The average molecular weight is 415 g/mol. The molecule has 1 N–H and O–H groups in total. The molecule has 0 saturated heterocycles. The first-order valence-corrected chi connectivity index (χ1v) is 8.96. The summed E-state index contributed by atoms with van der Waals surface area (Å²) >= 11 is 0. The number of ether oxygens (including phenoxy) is 3. The lowest BCUT2D eigenvalue weighted by Gasteiger charge is -2.09. The van der Waals surface area contributed by atoms with Gasteiger partial charge in [0.25, 0.3) is 17.7 Å². The lowest BCUT2D eigenvalue weighted by molar-refractivity contribution is -0.144. The van der Waals surface area contributed by atoms with Gasteiger partial charge in [-0.15, -0.1) is 10.2 Å². The van der Waals surface area contributed by atoms with Gasteiger partial charge in [0, 0.05) is 11.6 Å². The molecule has 0 aliphatic rings. The van der Waals surface area contributed by atoms with E-state index >= 15 is 0 Å². The number of carbonyl (C=O) groups is 2. The summed E-state index contributed by atoms with van der Waals surface area (Å²) in [5.41, 5.74) is 0.963. The van der Waals surface area contributed by atoms with Crippen molar-refractivity contribution < 1.29 is 32.6 Å². The maximum atomic E-state index is 12.3. The number of benzene rings is 1. The molecule has 2 heterocycles. The quantitative estimate of drug-likeness (QED) is 0.552. The maximum Gasteiger partial charge on any atom is 0.325 e. The SMILES string of the molecule is COc1cc(OC)cc(C(=O)NCC(=O)OCc2nnc(-c3cc(C)oc3C)o2)c1. The van der Waals surface area contributed by atoms with Gasteiger partial charge >= 0.3 is 5.97 Å². The molecular weight excluding hydrogens is 394 g/mol. The molecule has 0 unspecified atom stereocenters. The van der Waals surface area contributed by atoms with Crippen LogP contribution in [0.5, 0.6) is 11.5 Å². The molecule has 1 amide bonds. The number of furan rings is 1. The Morgan fingerprint density at radius 3 is 2.30 bits per heavy atom. The van der Waals surface area contributed by atoms with Crippen LogP contribution < -0.4 is 14.8 Å². The topological polar surface area (TPSA) is 126 Å². The Kier molecular flexibility index (Phi) is 6.35. The lowest BCUT2D eigenvalue weighted by atomic mass is 10.2. The number of esters is 1. The van der Waals surface area contributed by atoms with Crippen molar-refractivity contribution in [2.24, 2.45) is 0 Å². The summed E-state index contributed by atoms with van der Waals surface area (Å²) in [5, 5.41) is 10.2. The normalized spacial score (nSPS) is 10.5. The van der Waals surface area contributed by atoms with Gasteiger partial charge in [0.2, 0.25) is 0 Å². The van der Waals surface area contributed by atoms with E-state index in [9.17, 15) is 9.59 Å². The summed E-state index contributed by atoms with van der Waals surface area (Å²) in [6.07, 6.45) is 0. The number of rotatable bonds is 8. The number of hydrogen-bond donors (Lipinski definition) is 1. The van der Waals surface area contributed by atoms with Crippen molar-refractivity contribution in [2.45, 2.75) is 20.5 Å². The van der Waals surface area contributed by atoms with Gasteiger partial charge in [-0.2, -0.15) is 0 Å². The number of methoxy groups -OCH3 is 2. The van der Waals surface area contributed by atoms with Crippen molar-refractivity contribution in [2.75, 3.05) is 20.8 Å². The molecule has 30 heavy (non-hydrogen) atoms. The maximum absolute atomic E-state index is 12.3. The monoisotopic (exact) mass is 415 g/mol. The average Bonchev–Trinajstić information content (AvgIpc) is 3.35. The van der Waals surface area contributed by atoms with Gasteiger partial charge in [0.05, 0.1) is 19.8 Å². The van der Waals surface area contributed by atoms with E-state index in [1.54, 1.807) is 19.1 Å². The van der Waals surface area contributed by atoms with E-state index in [2.05, 4.69) is 15.5 Å². The molecule has 0 aliphatic carbocycles. The van der Waals surface area contributed by atoms with Crippen molar-refractivity contribution in [3.05, 3.63) is 47.2 Å². The van der Waals surface area contributed by atoms with Gasteiger partial charge in [-0.1, -0.05) is 0 Å². The number of nitrogens with one attached hydrogen (secondary N) is 1. The number of hydrogen-bond acceptors (Lipinski definition) is 9. The number of aromatic nitrogens is 2. The zero-order valence-electron chi connectivity index (χ0n) is 17.0. The Bertz CT molecular complexity index is 1030. The van der Waals surface area contributed by atoms with Gasteiger partial charge in [0.15, 0.2) is 6.61 Å². The van der Waals surface area contributed by atoms with E-state index in [0.717, 1.165) is 5.76 Å². The van der Waals surface area contributed by atoms with E-state index in [0.29, 0.717) is 22.8 Å². The van der Waals surface area contributed by atoms with Crippen LogP contribution in [0, 0.1) is 13.8 Å². The fourth-order valence-corrected chi connectivity index (χ4v) is 2.65. The highest BCUT2D eigenvalue weighted by molar-refractivity contribution is 5.96. The third-order valence-corrected chi connectivity index (χ3v) is 4.10. The predicted octanol–water partition coefficient (Wildman–Crippen LogP) is 2.44. The van der Waals surface area contributed by atoms with E-state index in [-0.39, 0.29) is 30.5 Å². The molecule has 0 saturated carbocycles. The largest absolute Gasteiger partial charge is 0.497 e. The zero-order chi connectivity index (χ0) is 21.7. The van der Waals surface area contributed by atoms with Crippen LogP contribution in [0.15, 0.2) is 33.1 Å². The molecule has 0 fully saturated rings. The summed E-state index contributed by atoms with van der Waals surface area (Å²) < 4.78 is 26.2. The minimum absolute atomic E-state index is 0.125. The molecule has 0 atom stereocenters. The minimum Gasteiger partial charge on any atom is -0.497 e. The highest BCUT2D eigenvalue weighted by atomic mass is 16.5. The Labute approximate surface area is 172 Å². The fourth-order valence-electron chi connectivity index (χ4n) is 2.65. The smallest absolute Gasteiger partial charge is 0.325 e. The molecule has 2 aromatic heterocycles. The molecule has 158 valence electrons. The van der Waals surface area contributed by atoms with Crippen LogP contribution in [-0.2, 0) is 16.1 Å². The second-order valence-electron chi connectivity index (χ2n) is 6.27. The summed E-state index contributed by atoms with van der Waals surface area (Å²) in [6, 6.07) is 6.48. The first kappa shape index (κ1) is 20.9. The van der Waals surface area contributed by atoms with Gasteiger partial charge in [0.1, 0.15) is 29.6 Å². The van der Waals surface area contributed by atoms with Gasteiger partial charge in [-0.25, -0.2) is 0 Å². The lowest BCUT2D eigenvalue weighted by Crippen LogP contribution is -2.30. The second kappa shape index (κ2) is 9.12. The molecule has 10 heteroatoms. The molecule has 0 bridgehead atoms. The number of amides is 1. The van der Waals surface area contributed by atoms with Crippen molar-refractivity contribution in [3.8, 4) is 23.0 Å². The fraction of sp³-hybridized carbons (Fsp3) is 0.300. The van der Waals surface area contributed by atoms with Crippen LogP contribution in [0.4, 0.5) is 0 Å². The van der Waals surface area contributed by atoms with Gasteiger partial charge in [-0.3, -0.25) is 9.59 Å². The Balaban J connectivity index is 1.52. The van der Waals surface area contributed by atoms with Crippen LogP contribution in [0.1, 0.15) is 27.8 Å². The highest BCUT2D eigenvalue weighted by Crippen LogP contribution is 2.25. The third kappa shape index (κ3) is 4.96. The Morgan fingerprint density at radius 1 is 1.00 bits per heavy atom.